The van der Waals surface area contributed by atoms with E-state index < -0.39 is 0 Å². The summed E-state index contributed by atoms with van der Waals surface area (Å²) in [5.74, 6) is 0. The molecule has 0 amide bonds. The fourth-order valence-electron chi connectivity index (χ4n) is 6.85. The molecule has 1 N–H and O–H groups in total. The quantitative estimate of drug-likeness (QED) is 0.444. The highest BCUT2D eigenvalue weighted by Gasteiger charge is 2.46. The number of hydrogen-bond donors (Lipinski definition) is 1. The maximum Gasteiger partial charge on any atom is 0.135 e. The number of anilines is 1. The van der Waals surface area contributed by atoms with Gasteiger partial charge < -0.3 is 4.90 Å². The maximum absolute atomic E-state index is 7.06. The molecule has 0 aromatic heterocycles. The lowest BCUT2D eigenvalue weighted by Crippen LogP contribution is -3.07. The van der Waals surface area contributed by atoms with Crippen LogP contribution in [0.1, 0.15) is 69.2 Å². The second-order valence-electron chi connectivity index (χ2n) is 12.4. The van der Waals surface area contributed by atoms with E-state index in [-0.39, 0.29) is 10.8 Å². The van der Waals surface area contributed by atoms with Crippen LogP contribution in [-0.4, -0.2) is 20.1 Å². The molecule has 2 aliphatic heterocycles. The zero-order chi connectivity index (χ0) is 26.7. The maximum atomic E-state index is 7.06. The fraction of sp³-hybridized carbons (Fsp3) is 0.412. The monoisotopic (exact) mass is 513 g/mol. The Morgan fingerprint density at radius 3 is 2.35 bits per heavy atom. The summed E-state index contributed by atoms with van der Waals surface area (Å²) in [5.41, 5.74) is 12.1. The lowest BCUT2D eigenvalue weighted by molar-refractivity contribution is -0.828. The molecule has 0 saturated carbocycles. The first-order chi connectivity index (χ1) is 17.4. The van der Waals surface area contributed by atoms with Gasteiger partial charge in [0, 0.05) is 34.4 Å². The van der Waals surface area contributed by atoms with Crippen molar-refractivity contribution in [1.82, 2.24) is 0 Å². The second kappa shape index (κ2) is 9.33. The van der Waals surface area contributed by atoms with Gasteiger partial charge >= 0.3 is 0 Å². The molecular formula is C34H42ClN2+. The zero-order valence-corrected chi connectivity index (χ0v) is 24.6. The normalized spacial score (nSPS) is 26.5. The van der Waals surface area contributed by atoms with E-state index in [0.29, 0.717) is 6.04 Å². The van der Waals surface area contributed by atoms with Crippen LogP contribution in [0, 0.1) is 13.8 Å². The SMILES string of the molecule is Cc1ccc2c(c1)C(C)(C)C(=CC=C1CCCC(C=CC3[NH+](C)c4ccc(C)cc4C3(C)C)=C1Cl)N2C. The van der Waals surface area contributed by atoms with Crippen molar-refractivity contribution in [2.45, 2.75) is 77.7 Å². The van der Waals surface area contributed by atoms with Gasteiger partial charge in [-0.05, 0) is 94.0 Å². The topological polar surface area (TPSA) is 7.68 Å². The molecule has 37 heavy (non-hydrogen) atoms. The molecule has 2 aromatic carbocycles. The highest BCUT2D eigenvalue weighted by atomic mass is 35.5. The number of likely N-dealkylation sites (N-methyl/N-ethyl adjacent to an activating group) is 2. The fourth-order valence-corrected chi connectivity index (χ4v) is 7.16. The standard InChI is InChI=1S/C34H41ClN2/c1-22-12-16-28-26(20-22)33(3,4)30(36(28)7)18-14-24-10-9-11-25(32(24)35)15-19-31-34(5,6)27-21-23(2)13-17-29(27)37(31)8/h12-21,30H,9-11H2,1-8H3/p+1. The van der Waals surface area contributed by atoms with E-state index >= 15 is 0 Å². The van der Waals surface area contributed by atoms with Crippen molar-refractivity contribution in [3.05, 3.63) is 105 Å². The lowest BCUT2D eigenvalue weighted by atomic mass is 9.79. The van der Waals surface area contributed by atoms with Gasteiger partial charge in [0.25, 0.3) is 0 Å². The van der Waals surface area contributed by atoms with Gasteiger partial charge in [-0.2, -0.15) is 0 Å². The van der Waals surface area contributed by atoms with Crippen molar-refractivity contribution in [1.29, 1.82) is 0 Å². The molecule has 2 aromatic rings. The third-order valence-electron chi connectivity index (χ3n) is 9.11. The number of hydrogen-bond acceptors (Lipinski definition) is 1. The number of halogens is 1. The number of aryl methyl sites for hydroxylation is 2. The van der Waals surface area contributed by atoms with Crippen LogP contribution in [0.3, 0.4) is 0 Å². The summed E-state index contributed by atoms with van der Waals surface area (Å²) in [6.45, 7) is 13.8. The molecule has 0 fully saturated rings. The molecule has 2 atom stereocenters. The van der Waals surface area contributed by atoms with E-state index in [9.17, 15) is 0 Å². The Morgan fingerprint density at radius 2 is 1.62 bits per heavy atom. The minimum atomic E-state index is -0.0322. The Kier molecular flexibility index (Phi) is 6.57. The number of allylic oxidation sites excluding steroid dienone is 7. The van der Waals surface area contributed by atoms with Crippen molar-refractivity contribution in [2.75, 3.05) is 19.0 Å². The molecule has 3 aliphatic rings. The predicted octanol–water partition coefficient (Wildman–Crippen LogP) is 7.58. The molecule has 0 bridgehead atoms. The van der Waals surface area contributed by atoms with E-state index in [1.165, 1.54) is 55.4 Å². The van der Waals surface area contributed by atoms with Crippen molar-refractivity contribution in [3.63, 3.8) is 0 Å². The van der Waals surface area contributed by atoms with Crippen LogP contribution in [0.5, 0.6) is 0 Å². The summed E-state index contributed by atoms with van der Waals surface area (Å²) in [4.78, 5) is 3.80. The third-order valence-corrected chi connectivity index (χ3v) is 9.60. The number of fused-ring (bicyclic) bond motifs is 2. The largest absolute Gasteiger partial charge is 0.347 e. The molecule has 0 spiro atoms. The van der Waals surface area contributed by atoms with Crippen LogP contribution in [0.25, 0.3) is 0 Å². The lowest BCUT2D eigenvalue weighted by Gasteiger charge is -2.26. The molecular weight excluding hydrogens is 472 g/mol. The summed E-state index contributed by atoms with van der Waals surface area (Å²) in [6, 6.07) is 14.1. The van der Waals surface area contributed by atoms with Gasteiger partial charge in [0.15, 0.2) is 0 Å². The molecule has 2 unspecified atom stereocenters. The number of nitrogens with one attached hydrogen (secondary N) is 1. The number of nitrogens with zero attached hydrogens (tertiary/aromatic N) is 1. The van der Waals surface area contributed by atoms with Crippen molar-refractivity contribution < 1.29 is 4.90 Å². The Balaban J connectivity index is 1.43. The summed E-state index contributed by atoms with van der Waals surface area (Å²) < 4.78 is 0. The van der Waals surface area contributed by atoms with Crippen LogP contribution >= 0.6 is 11.6 Å². The number of quaternary nitrogens is 1. The van der Waals surface area contributed by atoms with Crippen LogP contribution in [0.2, 0.25) is 0 Å². The Hall–Kier alpha value is -2.55. The van der Waals surface area contributed by atoms with Gasteiger partial charge in [-0.1, -0.05) is 66.9 Å². The third kappa shape index (κ3) is 4.33. The van der Waals surface area contributed by atoms with E-state index in [0.717, 1.165) is 24.3 Å². The Bertz CT molecular complexity index is 1370. The van der Waals surface area contributed by atoms with Gasteiger partial charge in [0.05, 0.1) is 12.5 Å². The highest BCUT2D eigenvalue weighted by Crippen LogP contribution is 2.47. The van der Waals surface area contributed by atoms with Crippen LogP contribution in [0.15, 0.2) is 82.6 Å². The van der Waals surface area contributed by atoms with Gasteiger partial charge in [-0.15, -0.1) is 0 Å². The average molecular weight is 514 g/mol. The van der Waals surface area contributed by atoms with Crippen LogP contribution in [-0.2, 0) is 10.8 Å². The Labute approximate surface area is 229 Å². The first kappa shape index (κ1) is 26.1. The Morgan fingerprint density at radius 1 is 0.946 bits per heavy atom. The highest BCUT2D eigenvalue weighted by molar-refractivity contribution is 6.32. The second-order valence-corrected chi connectivity index (χ2v) is 12.8. The van der Waals surface area contributed by atoms with E-state index in [4.69, 9.17) is 11.6 Å². The molecule has 3 heteroatoms. The van der Waals surface area contributed by atoms with Gasteiger partial charge in [-0.25, -0.2) is 0 Å². The smallest absolute Gasteiger partial charge is 0.135 e. The first-order valence-corrected chi connectivity index (χ1v) is 14.1. The van der Waals surface area contributed by atoms with E-state index in [1.54, 1.807) is 0 Å². The number of rotatable bonds is 3. The van der Waals surface area contributed by atoms with E-state index in [1.807, 2.05) is 0 Å². The van der Waals surface area contributed by atoms with E-state index in [2.05, 4.69) is 121 Å². The molecule has 1 aliphatic carbocycles. The van der Waals surface area contributed by atoms with Crippen LogP contribution in [0.4, 0.5) is 11.4 Å². The molecule has 194 valence electrons. The summed E-state index contributed by atoms with van der Waals surface area (Å²) >= 11 is 7.06. The van der Waals surface area contributed by atoms with Crippen LogP contribution < -0.4 is 9.80 Å². The molecule has 5 rings (SSSR count). The van der Waals surface area contributed by atoms with Crippen molar-refractivity contribution >= 4 is 23.0 Å². The summed E-state index contributed by atoms with van der Waals surface area (Å²) in [5, 5.41) is 0.938. The molecule has 0 radical (unpaired) electrons. The van der Waals surface area contributed by atoms with Crippen molar-refractivity contribution in [3.8, 4) is 0 Å². The summed E-state index contributed by atoms with van der Waals surface area (Å²) in [7, 11) is 4.48. The molecule has 2 heterocycles. The van der Waals surface area contributed by atoms with Crippen molar-refractivity contribution in [2.24, 2.45) is 0 Å². The molecule has 0 saturated heterocycles. The zero-order valence-electron chi connectivity index (χ0n) is 23.8. The summed E-state index contributed by atoms with van der Waals surface area (Å²) in [6.07, 6.45) is 12.5. The number of benzene rings is 2. The molecule has 2 nitrogen and oxygen atoms in total. The van der Waals surface area contributed by atoms with Gasteiger partial charge in [-0.3, -0.25) is 4.90 Å². The minimum Gasteiger partial charge on any atom is -0.347 e. The average Bonchev–Trinajstić information content (AvgIpc) is 3.15. The van der Waals surface area contributed by atoms with Gasteiger partial charge in [0.1, 0.15) is 11.7 Å². The van der Waals surface area contributed by atoms with Gasteiger partial charge in [0.2, 0.25) is 0 Å². The predicted molar refractivity (Wildman–Crippen MR) is 159 cm³/mol. The minimum absolute atomic E-state index is 0.0322. The first-order valence-electron chi connectivity index (χ1n) is 13.7.